The second-order valence-electron chi connectivity index (χ2n) is 4.60. The fraction of sp³-hybridized carbons (Fsp3) is 0.833. The molecule has 2 bridgehead atoms. The van der Waals surface area contributed by atoms with Gasteiger partial charge in [-0.05, 0) is 32.1 Å². The van der Waals surface area contributed by atoms with Crippen molar-refractivity contribution in [3.63, 3.8) is 0 Å². The molecule has 0 aromatic rings. The number of hydrogen-bond acceptors (Lipinski definition) is 3. The maximum atomic E-state index is 11.9. The summed E-state index contributed by atoms with van der Waals surface area (Å²) in [5, 5.41) is 9.94. The van der Waals surface area contributed by atoms with Gasteiger partial charge in [0.1, 0.15) is 5.78 Å². The fourth-order valence-corrected chi connectivity index (χ4v) is 4.44. The summed E-state index contributed by atoms with van der Waals surface area (Å²) in [6.45, 7) is 0. The predicted octanol–water partition coefficient (Wildman–Crippen LogP) is 2.92. The van der Waals surface area contributed by atoms with Gasteiger partial charge in [-0.1, -0.05) is 0 Å². The minimum atomic E-state index is 0.322. The molecule has 2 rings (SSSR count). The van der Waals surface area contributed by atoms with Crippen LogP contribution in [-0.2, 0) is 4.79 Å². The van der Waals surface area contributed by atoms with E-state index in [0.717, 1.165) is 29.8 Å². The standard InChI is InChI=1S/C12H17NOS/c13-6-2-1-3-12(14)9-7-10-4-5-11(8-9)15-10/h9-11H,1-5,7-8H2. The highest BCUT2D eigenvalue weighted by Crippen LogP contribution is 2.46. The zero-order valence-electron chi connectivity index (χ0n) is 8.95. The molecular formula is C12H17NOS. The van der Waals surface area contributed by atoms with Crippen molar-refractivity contribution in [1.82, 2.24) is 0 Å². The number of carbonyl (C=O) groups excluding carboxylic acids is 1. The quantitative estimate of drug-likeness (QED) is 0.688. The SMILES string of the molecule is N#CCCCC(=O)C1CC2CCC(C1)S2. The van der Waals surface area contributed by atoms with Crippen LogP contribution in [0.5, 0.6) is 0 Å². The number of fused-ring (bicyclic) bond motifs is 2. The van der Waals surface area contributed by atoms with Crippen molar-refractivity contribution in [3.8, 4) is 6.07 Å². The summed E-state index contributed by atoms with van der Waals surface area (Å²) >= 11 is 2.10. The van der Waals surface area contributed by atoms with Crippen molar-refractivity contribution in [2.75, 3.05) is 0 Å². The van der Waals surface area contributed by atoms with Crippen LogP contribution in [0.3, 0.4) is 0 Å². The van der Waals surface area contributed by atoms with Gasteiger partial charge in [0.2, 0.25) is 0 Å². The van der Waals surface area contributed by atoms with Crippen molar-refractivity contribution < 1.29 is 4.79 Å². The first-order valence-corrected chi connectivity index (χ1v) is 6.79. The molecule has 3 heteroatoms. The predicted molar refractivity (Wildman–Crippen MR) is 61.6 cm³/mol. The van der Waals surface area contributed by atoms with Crippen molar-refractivity contribution >= 4 is 17.5 Å². The first-order valence-electron chi connectivity index (χ1n) is 5.84. The second-order valence-corrected chi connectivity index (χ2v) is 6.21. The van der Waals surface area contributed by atoms with Gasteiger partial charge in [0.25, 0.3) is 0 Å². The molecule has 2 atom stereocenters. The molecule has 2 aliphatic heterocycles. The molecule has 0 aliphatic carbocycles. The number of hydrogen-bond donors (Lipinski definition) is 0. The Morgan fingerprint density at radius 1 is 1.33 bits per heavy atom. The van der Waals surface area contributed by atoms with Crippen LogP contribution in [0.15, 0.2) is 0 Å². The monoisotopic (exact) mass is 223 g/mol. The Hall–Kier alpha value is -0.490. The van der Waals surface area contributed by atoms with E-state index in [1.54, 1.807) is 0 Å². The molecule has 0 aromatic carbocycles. The molecule has 2 saturated heterocycles. The molecule has 82 valence electrons. The Kier molecular flexibility index (Phi) is 3.69. The summed E-state index contributed by atoms with van der Waals surface area (Å²) in [7, 11) is 0. The van der Waals surface area contributed by atoms with Gasteiger partial charge in [-0.2, -0.15) is 17.0 Å². The average molecular weight is 223 g/mol. The first-order chi connectivity index (χ1) is 7.29. The number of carbonyl (C=O) groups is 1. The third kappa shape index (κ3) is 2.75. The second kappa shape index (κ2) is 5.03. The molecule has 2 unspecified atom stereocenters. The fourth-order valence-electron chi connectivity index (χ4n) is 2.67. The Labute approximate surface area is 95.4 Å². The molecule has 2 heterocycles. The van der Waals surface area contributed by atoms with E-state index in [2.05, 4.69) is 17.8 Å². The summed E-state index contributed by atoms with van der Waals surface area (Å²) in [5.74, 6) is 0.741. The average Bonchev–Trinajstić information content (AvgIpc) is 2.58. The highest BCUT2D eigenvalue weighted by atomic mass is 32.2. The molecule has 0 radical (unpaired) electrons. The van der Waals surface area contributed by atoms with Crippen LogP contribution in [0.25, 0.3) is 0 Å². The maximum Gasteiger partial charge on any atom is 0.136 e. The number of nitriles is 1. The number of ketones is 1. The van der Waals surface area contributed by atoms with Crippen molar-refractivity contribution in [2.24, 2.45) is 5.92 Å². The van der Waals surface area contributed by atoms with Gasteiger partial charge in [0.05, 0.1) is 6.07 Å². The molecule has 0 aromatic heterocycles. The van der Waals surface area contributed by atoms with E-state index in [1.807, 2.05) is 0 Å². The van der Waals surface area contributed by atoms with Gasteiger partial charge in [-0.15, -0.1) is 0 Å². The van der Waals surface area contributed by atoms with E-state index >= 15 is 0 Å². The largest absolute Gasteiger partial charge is 0.299 e. The van der Waals surface area contributed by atoms with E-state index in [9.17, 15) is 4.79 Å². The minimum absolute atomic E-state index is 0.322. The van der Waals surface area contributed by atoms with E-state index in [-0.39, 0.29) is 0 Å². The van der Waals surface area contributed by atoms with E-state index in [4.69, 9.17) is 5.26 Å². The zero-order valence-corrected chi connectivity index (χ0v) is 9.76. The van der Waals surface area contributed by atoms with Gasteiger partial charge >= 0.3 is 0 Å². The maximum absolute atomic E-state index is 11.9. The van der Waals surface area contributed by atoms with Gasteiger partial charge < -0.3 is 0 Å². The van der Waals surface area contributed by atoms with E-state index in [0.29, 0.717) is 24.5 Å². The number of rotatable bonds is 4. The lowest BCUT2D eigenvalue weighted by atomic mass is 9.92. The van der Waals surface area contributed by atoms with Crippen molar-refractivity contribution in [2.45, 2.75) is 55.4 Å². The summed E-state index contributed by atoms with van der Waals surface area (Å²) in [6, 6.07) is 2.10. The van der Waals surface area contributed by atoms with Crippen LogP contribution in [-0.4, -0.2) is 16.3 Å². The van der Waals surface area contributed by atoms with Crippen LogP contribution in [0, 0.1) is 17.2 Å². The summed E-state index contributed by atoms with van der Waals surface area (Å²) in [6.07, 6.45) is 6.75. The van der Waals surface area contributed by atoms with Gasteiger partial charge in [0, 0.05) is 29.3 Å². The summed E-state index contributed by atoms with van der Waals surface area (Å²) in [5.41, 5.74) is 0. The molecule has 0 N–H and O–H groups in total. The van der Waals surface area contributed by atoms with Crippen LogP contribution >= 0.6 is 11.8 Å². The van der Waals surface area contributed by atoms with E-state index in [1.165, 1.54) is 12.8 Å². The van der Waals surface area contributed by atoms with Gasteiger partial charge in [0.15, 0.2) is 0 Å². The lowest BCUT2D eigenvalue weighted by molar-refractivity contribution is -0.123. The van der Waals surface area contributed by atoms with Crippen LogP contribution in [0.1, 0.15) is 44.9 Å². The zero-order chi connectivity index (χ0) is 10.7. The topological polar surface area (TPSA) is 40.9 Å². The Morgan fingerprint density at radius 2 is 2.00 bits per heavy atom. The van der Waals surface area contributed by atoms with Crippen molar-refractivity contribution in [3.05, 3.63) is 0 Å². The number of Topliss-reactive ketones (excluding diaryl/α,β-unsaturated/α-hetero) is 1. The van der Waals surface area contributed by atoms with Crippen LogP contribution < -0.4 is 0 Å². The Balaban J connectivity index is 1.79. The third-order valence-electron chi connectivity index (χ3n) is 3.46. The highest BCUT2D eigenvalue weighted by molar-refractivity contribution is 8.00. The van der Waals surface area contributed by atoms with Gasteiger partial charge in [-0.25, -0.2) is 0 Å². The molecular weight excluding hydrogens is 206 g/mol. The summed E-state index contributed by atoms with van der Waals surface area (Å²) in [4.78, 5) is 11.9. The molecule has 2 aliphatic rings. The number of nitrogens with zero attached hydrogens (tertiary/aromatic N) is 1. The lowest BCUT2D eigenvalue weighted by Gasteiger charge is -2.26. The van der Waals surface area contributed by atoms with Crippen molar-refractivity contribution in [1.29, 1.82) is 5.26 Å². The summed E-state index contributed by atoms with van der Waals surface area (Å²) < 4.78 is 0. The third-order valence-corrected chi connectivity index (χ3v) is 5.08. The Bertz CT molecular complexity index is 272. The molecule has 15 heavy (non-hydrogen) atoms. The molecule has 0 saturated carbocycles. The van der Waals surface area contributed by atoms with Crippen LogP contribution in [0.2, 0.25) is 0 Å². The van der Waals surface area contributed by atoms with Crippen LogP contribution in [0.4, 0.5) is 0 Å². The Morgan fingerprint density at radius 3 is 2.60 bits per heavy atom. The molecule has 0 amide bonds. The minimum Gasteiger partial charge on any atom is -0.299 e. The number of thioether (sulfide) groups is 1. The highest BCUT2D eigenvalue weighted by Gasteiger charge is 2.37. The smallest absolute Gasteiger partial charge is 0.136 e. The van der Waals surface area contributed by atoms with E-state index < -0.39 is 0 Å². The molecule has 2 nitrogen and oxygen atoms in total. The number of unbranched alkanes of at least 4 members (excludes halogenated alkanes) is 1. The molecule has 0 spiro atoms. The molecule has 2 fully saturated rings. The first kappa shape index (κ1) is 11.0. The normalized spacial score (nSPS) is 33.7. The van der Waals surface area contributed by atoms with Gasteiger partial charge in [-0.3, -0.25) is 4.79 Å². The lowest BCUT2D eigenvalue weighted by Crippen LogP contribution is -2.24.